The summed E-state index contributed by atoms with van der Waals surface area (Å²) in [6.07, 6.45) is 1.41. The van der Waals surface area contributed by atoms with Gasteiger partial charge in [0.25, 0.3) is 5.56 Å². The third-order valence-corrected chi connectivity index (χ3v) is 5.73. The maximum Gasteiger partial charge on any atom is 0.262 e. The number of carbonyl (C=O) groups is 1. The van der Waals surface area contributed by atoms with Crippen LogP contribution >= 0.6 is 11.3 Å². The number of benzene rings is 1. The number of aromatic nitrogens is 3. The normalized spacial score (nSPS) is 11.3. The molecule has 0 saturated carbocycles. The molecule has 0 aliphatic heterocycles. The van der Waals surface area contributed by atoms with E-state index in [0.717, 1.165) is 5.69 Å². The maximum atomic E-state index is 14.0. The van der Waals surface area contributed by atoms with Gasteiger partial charge in [0.1, 0.15) is 10.6 Å². The van der Waals surface area contributed by atoms with Crippen molar-refractivity contribution in [3.63, 3.8) is 0 Å². The lowest BCUT2D eigenvalue weighted by Crippen LogP contribution is -2.24. The van der Waals surface area contributed by atoms with Crippen molar-refractivity contribution in [2.45, 2.75) is 27.3 Å². The smallest absolute Gasteiger partial charge is 0.262 e. The van der Waals surface area contributed by atoms with Gasteiger partial charge in [-0.1, -0.05) is 6.07 Å². The molecular formula is C21H18FN3O2S. The van der Waals surface area contributed by atoms with Gasteiger partial charge in [0.05, 0.1) is 18.3 Å². The van der Waals surface area contributed by atoms with Gasteiger partial charge in [0.2, 0.25) is 0 Å². The van der Waals surface area contributed by atoms with Crippen molar-refractivity contribution >= 4 is 27.3 Å². The fourth-order valence-corrected chi connectivity index (χ4v) is 4.13. The van der Waals surface area contributed by atoms with Gasteiger partial charge in [-0.15, -0.1) is 11.3 Å². The number of rotatable bonds is 4. The van der Waals surface area contributed by atoms with E-state index in [-0.39, 0.29) is 23.7 Å². The number of hydrogen-bond acceptors (Lipinski definition) is 4. The van der Waals surface area contributed by atoms with Crippen LogP contribution in [0.1, 0.15) is 27.3 Å². The van der Waals surface area contributed by atoms with Crippen LogP contribution < -0.4 is 5.56 Å². The molecule has 142 valence electrons. The fourth-order valence-electron chi connectivity index (χ4n) is 3.41. The Morgan fingerprint density at radius 1 is 1.18 bits per heavy atom. The molecule has 0 radical (unpaired) electrons. The van der Waals surface area contributed by atoms with Crippen molar-refractivity contribution in [2.75, 3.05) is 0 Å². The molecule has 3 aromatic heterocycles. The molecule has 0 bridgehead atoms. The molecule has 0 amide bonds. The van der Waals surface area contributed by atoms with Gasteiger partial charge in [0, 0.05) is 22.6 Å². The quantitative estimate of drug-likeness (QED) is 0.487. The maximum absolute atomic E-state index is 14.0. The lowest BCUT2D eigenvalue weighted by atomic mass is 10.1. The van der Waals surface area contributed by atoms with E-state index in [4.69, 9.17) is 0 Å². The first-order valence-electron chi connectivity index (χ1n) is 8.78. The van der Waals surface area contributed by atoms with Gasteiger partial charge in [-0.2, -0.15) is 0 Å². The standard InChI is InChI=1S/C21H18FN3O2S/c1-12-4-5-15(9-18(12)22)25-13(2)8-17(14(25)3)19(26)10-24-11-23-20-16(21(24)27)6-7-28-20/h4-9,11H,10H2,1-3H3. The SMILES string of the molecule is Cc1ccc(-n2c(C)cc(C(=O)Cn3cnc4sccc4c3=O)c2C)cc1F. The molecule has 28 heavy (non-hydrogen) atoms. The van der Waals surface area contributed by atoms with E-state index in [1.54, 1.807) is 30.5 Å². The number of carbonyl (C=O) groups excluding carboxylic acids is 1. The van der Waals surface area contributed by atoms with Crippen molar-refractivity contribution in [1.29, 1.82) is 0 Å². The first kappa shape index (κ1) is 18.3. The van der Waals surface area contributed by atoms with Gasteiger partial charge in [-0.25, -0.2) is 9.37 Å². The second-order valence-corrected chi connectivity index (χ2v) is 7.69. The van der Waals surface area contributed by atoms with E-state index >= 15 is 0 Å². The van der Waals surface area contributed by atoms with Crippen molar-refractivity contribution in [3.05, 3.63) is 80.7 Å². The second kappa shape index (κ2) is 6.83. The summed E-state index contributed by atoms with van der Waals surface area (Å²) in [6, 6.07) is 8.49. The zero-order valence-corrected chi connectivity index (χ0v) is 16.5. The summed E-state index contributed by atoms with van der Waals surface area (Å²) in [6.45, 7) is 5.30. The number of fused-ring (bicyclic) bond motifs is 1. The third kappa shape index (κ3) is 2.97. The molecule has 0 N–H and O–H groups in total. The Hall–Kier alpha value is -3.06. The summed E-state index contributed by atoms with van der Waals surface area (Å²) in [7, 11) is 0. The number of Topliss-reactive ketones (excluding diaryl/α,β-unsaturated/α-hetero) is 1. The minimum Gasteiger partial charge on any atom is -0.318 e. The topological polar surface area (TPSA) is 56.9 Å². The Morgan fingerprint density at radius 3 is 2.71 bits per heavy atom. The predicted octanol–water partition coefficient (Wildman–Crippen LogP) is 4.20. The highest BCUT2D eigenvalue weighted by atomic mass is 32.1. The lowest BCUT2D eigenvalue weighted by Gasteiger charge is -2.11. The molecule has 1 aromatic carbocycles. The molecule has 4 rings (SSSR count). The minimum absolute atomic E-state index is 0.0931. The molecule has 0 saturated heterocycles. The van der Waals surface area contributed by atoms with Crippen LogP contribution in [-0.2, 0) is 6.54 Å². The summed E-state index contributed by atoms with van der Waals surface area (Å²) in [4.78, 5) is 30.3. The van der Waals surface area contributed by atoms with E-state index in [0.29, 0.717) is 32.7 Å². The van der Waals surface area contributed by atoms with Crippen molar-refractivity contribution in [1.82, 2.24) is 14.1 Å². The van der Waals surface area contributed by atoms with Crippen LogP contribution in [0.2, 0.25) is 0 Å². The van der Waals surface area contributed by atoms with Crippen LogP contribution in [0.15, 0.2) is 46.8 Å². The largest absolute Gasteiger partial charge is 0.318 e. The van der Waals surface area contributed by atoms with E-state index in [2.05, 4.69) is 4.98 Å². The highest BCUT2D eigenvalue weighted by molar-refractivity contribution is 7.16. The number of nitrogens with zero attached hydrogens (tertiary/aromatic N) is 3. The molecule has 4 aromatic rings. The Kier molecular flexibility index (Phi) is 4.47. The van der Waals surface area contributed by atoms with Crippen LogP contribution in [0.3, 0.4) is 0 Å². The third-order valence-electron chi connectivity index (χ3n) is 4.91. The lowest BCUT2D eigenvalue weighted by molar-refractivity contribution is 0.0970. The predicted molar refractivity (Wildman–Crippen MR) is 108 cm³/mol. The zero-order valence-electron chi connectivity index (χ0n) is 15.7. The first-order valence-corrected chi connectivity index (χ1v) is 9.66. The summed E-state index contributed by atoms with van der Waals surface area (Å²) >= 11 is 1.39. The van der Waals surface area contributed by atoms with E-state index in [1.165, 1.54) is 28.3 Å². The van der Waals surface area contributed by atoms with Crippen molar-refractivity contribution in [2.24, 2.45) is 0 Å². The molecule has 0 unspecified atom stereocenters. The Labute approximate surface area is 164 Å². The van der Waals surface area contributed by atoms with Crippen LogP contribution in [0.25, 0.3) is 15.9 Å². The van der Waals surface area contributed by atoms with Crippen molar-refractivity contribution in [3.8, 4) is 5.69 Å². The first-order chi connectivity index (χ1) is 13.4. The van der Waals surface area contributed by atoms with Gasteiger partial charge in [0.15, 0.2) is 5.78 Å². The average molecular weight is 395 g/mol. The Morgan fingerprint density at radius 2 is 1.96 bits per heavy atom. The van der Waals surface area contributed by atoms with E-state index < -0.39 is 0 Å². The number of hydrogen-bond donors (Lipinski definition) is 0. The highest BCUT2D eigenvalue weighted by Crippen LogP contribution is 2.23. The average Bonchev–Trinajstić information content (AvgIpc) is 3.25. The number of halogens is 1. The molecule has 0 aliphatic rings. The highest BCUT2D eigenvalue weighted by Gasteiger charge is 2.18. The van der Waals surface area contributed by atoms with Crippen LogP contribution in [-0.4, -0.2) is 19.9 Å². The van der Waals surface area contributed by atoms with Gasteiger partial charge in [-0.3, -0.25) is 14.2 Å². The molecule has 3 heterocycles. The van der Waals surface area contributed by atoms with Crippen molar-refractivity contribution < 1.29 is 9.18 Å². The Bertz CT molecular complexity index is 1280. The summed E-state index contributed by atoms with van der Waals surface area (Å²) < 4.78 is 17.2. The van der Waals surface area contributed by atoms with Crippen LogP contribution in [0, 0.1) is 26.6 Å². The number of thiophene rings is 1. The summed E-state index contributed by atoms with van der Waals surface area (Å²) in [5.41, 5.74) is 3.05. The van der Waals surface area contributed by atoms with E-state index in [9.17, 15) is 14.0 Å². The molecular weight excluding hydrogens is 377 g/mol. The summed E-state index contributed by atoms with van der Waals surface area (Å²) in [5, 5.41) is 2.32. The second-order valence-electron chi connectivity index (χ2n) is 6.79. The molecule has 0 fully saturated rings. The molecule has 7 heteroatoms. The van der Waals surface area contributed by atoms with E-state index in [1.807, 2.05) is 24.5 Å². The van der Waals surface area contributed by atoms with Gasteiger partial charge >= 0.3 is 0 Å². The number of aryl methyl sites for hydroxylation is 2. The minimum atomic E-state index is -0.292. The zero-order chi connectivity index (χ0) is 20.0. The molecule has 0 aliphatic carbocycles. The summed E-state index contributed by atoms with van der Waals surface area (Å²) in [5.74, 6) is -0.481. The van der Waals surface area contributed by atoms with Crippen LogP contribution in [0.5, 0.6) is 0 Å². The Balaban J connectivity index is 1.71. The van der Waals surface area contributed by atoms with Gasteiger partial charge < -0.3 is 4.57 Å². The van der Waals surface area contributed by atoms with Gasteiger partial charge in [-0.05, 0) is 56.0 Å². The molecule has 0 atom stereocenters. The number of ketones is 1. The molecule has 0 spiro atoms. The monoisotopic (exact) mass is 395 g/mol. The fraction of sp³-hybridized carbons (Fsp3) is 0.190. The molecule has 5 nitrogen and oxygen atoms in total. The van der Waals surface area contributed by atoms with Crippen LogP contribution in [0.4, 0.5) is 4.39 Å².